The van der Waals surface area contributed by atoms with E-state index in [1.807, 2.05) is 67.6 Å². The van der Waals surface area contributed by atoms with Crippen molar-refractivity contribution in [2.45, 2.75) is 32.9 Å². The van der Waals surface area contributed by atoms with Gasteiger partial charge in [0.25, 0.3) is 0 Å². The van der Waals surface area contributed by atoms with E-state index in [-0.39, 0.29) is 24.6 Å². The highest BCUT2D eigenvalue weighted by Gasteiger charge is 2.33. The minimum atomic E-state index is -3.87. The molecule has 0 spiro atoms. The first-order chi connectivity index (χ1) is 18.2. The van der Waals surface area contributed by atoms with Crippen molar-refractivity contribution in [3.63, 3.8) is 0 Å². The van der Waals surface area contributed by atoms with Gasteiger partial charge in [-0.2, -0.15) is 0 Å². The summed E-state index contributed by atoms with van der Waals surface area (Å²) in [5.74, 6) is -0.452. The van der Waals surface area contributed by atoms with Gasteiger partial charge >= 0.3 is 0 Å². The van der Waals surface area contributed by atoms with Crippen LogP contribution in [0.2, 0.25) is 0 Å². The molecule has 0 aliphatic carbocycles. The van der Waals surface area contributed by atoms with Gasteiger partial charge in [-0.15, -0.1) is 0 Å². The molecule has 0 radical (unpaired) electrons. The summed E-state index contributed by atoms with van der Waals surface area (Å²) in [7, 11) is -3.87. The fraction of sp³-hybridized carbons (Fsp3) is 0.310. The zero-order valence-corrected chi connectivity index (χ0v) is 22.9. The smallest absolute Gasteiger partial charge is 0.244 e. The standard InChI is InChI=1S/C29H35N3O5S/c1-4-30-29(34)26(20-23-14-8-6-9-15-23)31(21-24-16-10-7-11-17-24)28(33)22-32(38(3,35)36)25-18-12-13-19-27(25)37-5-2/h6-19,26H,4-5,20-22H2,1-3H3,(H,30,34)/t26-/m1/s1. The summed E-state index contributed by atoms with van der Waals surface area (Å²) < 4.78 is 32.5. The molecule has 3 aromatic carbocycles. The fourth-order valence-electron chi connectivity index (χ4n) is 4.16. The number of rotatable bonds is 13. The summed E-state index contributed by atoms with van der Waals surface area (Å²) in [5.41, 5.74) is 1.97. The van der Waals surface area contributed by atoms with E-state index in [4.69, 9.17) is 4.74 Å². The van der Waals surface area contributed by atoms with Crippen LogP contribution < -0.4 is 14.4 Å². The highest BCUT2D eigenvalue weighted by Crippen LogP contribution is 2.30. The molecule has 0 aliphatic rings. The number of para-hydroxylation sites is 2. The van der Waals surface area contributed by atoms with E-state index in [2.05, 4.69) is 5.32 Å². The second-order valence-electron chi connectivity index (χ2n) is 8.78. The number of likely N-dealkylation sites (N-methyl/N-ethyl adjacent to an activating group) is 1. The lowest BCUT2D eigenvalue weighted by molar-refractivity contribution is -0.140. The van der Waals surface area contributed by atoms with Crippen molar-refractivity contribution >= 4 is 27.5 Å². The van der Waals surface area contributed by atoms with Crippen molar-refractivity contribution < 1.29 is 22.7 Å². The van der Waals surface area contributed by atoms with Crippen LogP contribution in [0.15, 0.2) is 84.9 Å². The number of nitrogens with zero attached hydrogens (tertiary/aromatic N) is 2. The summed E-state index contributed by atoms with van der Waals surface area (Å²) in [5, 5.41) is 2.84. The van der Waals surface area contributed by atoms with Crippen molar-refractivity contribution in [2.24, 2.45) is 0 Å². The van der Waals surface area contributed by atoms with Crippen LogP contribution in [-0.2, 0) is 32.6 Å². The molecular formula is C29H35N3O5S. The Hall–Kier alpha value is -3.85. The minimum absolute atomic E-state index is 0.138. The second-order valence-corrected chi connectivity index (χ2v) is 10.7. The van der Waals surface area contributed by atoms with E-state index < -0.39 is 28.5 Å². The molecule has 0 saturated heterocycles. The predicted molar refractivity (Wildman–Crippen MR) is 149 cm³/mol. The first-order valence-electron chi connectivity index (χ1n) is 12.6. The number of amides is 2. The molecule has 3 aromatic rings. The monoisotopic (exact) mass is 537 g/mol. The Labute approximate surface area is 225 Å². The number of benzene rings is 3. The third-order valence-electron chi connectivity index (χ3n) is 5.93. The van der Waals surface area contributed by atoms with Crippen molar-refractivity contribution in [1.29, 1.82) is 0 Å². The number of anilines is 1. The van der Waals surface area contributed by atoms with Crippen LogP contribution in [0, 0.1) is 0 Å². The zero-order valence-electron chi connectivity index (χ0n) is 22.0. The van der Waals surface area contributed by atoms with E-state index in [1.54, 1.807) is 31.2 Å². The van der Waals surface area contributed by atoms with Gasteiger partial charge in [0.15, 0.2) is 0 Å². The zero-order chi connectivity index (χ0) is 27.5. The van der Waals surface area contributed by atoms with Crippen molar-refractivity contribution in [3.8, 4) is 5.75 Å². The lowest BCUT2D eigenvalue weighted by Gasteiger charge is -2.33. The number of nitrogens with one attached hydrogen (secondary N) is 1. The Morgan fingerprint density at radius 2 is 1.45 bits per heavy atom. The number of ether oxygens (including phenoxy) is 1. The van der Waals surface area contributed by atoms with E-state index in [9.17, 15) is 18.0 Å². The van der Waals surface area contributed by atoms with Crippen LogP contribution in [0.5, 0.6) is 5.75 Å². The minimum Gasteiger partial charge on any atom is -0.492 e. The number of carbonyl (C=O) groups is 2. The van der Waals surface area contributed by atoms with Gasteiger partial charge in [-0.1, -0.05) is 72.8 Å². The van der Waals surface area contributed by atoms with Crippen LogP contribution >= 0.6 is 0 Å². The van der Waals surface area contributed by atoms with E-state index in [1.165, 1.54) is 4.90 Å². The lowest BCUT2D eigenvalue weighted by atomic mass is 10.0. The molecular weight excluding hydrogens is 502 g/mol. The number of hydrogen-bond acceptors (Lipinski definition) is 5. The fourth-order valence-corrected chi connectivity index (χ4v) is 5.01. The molecule has 2 amide bonds. The van der Waals surface area contributed by atoms with Crippen molar-refractivity contribution in [3.05, 3.63) is 96.1 Å². The highest BCUT2D eigenvalue weighted by molar-refractivity contribution is 7.92. The highest BCUT2D eigenvalue weighted by atomic mass is 32.2. The van der Waals surface area contributed by atoms with Crippen molar-refractivity contribution in [1.82, 2.24) is 10.2 Å². The van der Waals surface area contributed by atoms with Gasteiger partial charge in [0.2, 0.25) is 21.8 Å². The second kappa shape index (κ2) is 13.6. The van der Waals surface area contributed by atoms with Crippen LogP contribution in [0.25, 0.3) is 0 Å². The first-order valence-corrected chi connectivity index (χ1v) is 14.4. The molecule has 3 rings (SSSR count). The maximum Gasteiger partial charge on any atom is 0.244 e. The van der Waals surface area contributed by atoms with Crippen LogP contribution in [0.4, 0.5) is 5.69 Å². The summed E-state index contributed by atoms with van der Waals surface area (Å²) >= 11 is 0. The van der Waals surface area contributed by atoms with Gasteiger partial charge in [0.1, 0.15) is 18.3 Å². The molecule has 9 heteroatoms. The Balaban J connectivity index is 2.04. The maximum atomic E-state index is 14.0. The van der Waals surface area contributed by atoms with Gasteiger partial charge in [-0.25, -0.2) is 8.42 Å². The third-order valence-corrected chi connectivity index (χ3v) is 7.06. The average molecular weight is 538 g/mol. The average Bonchev–Trinajstić information content (AvgIpc) is 2.90. The molecule has 1 N–H and O–H groups in total. The summed E-state index contributed by atoms with van der Waals surface area (Å²) in [6.07, 6.45) is 1.33. The molecule has 0 unspecified atom stereocenters. The Bertz CT molecular complexity index is 1300. The number of sulfonamides is 1. The quantitative estimate of drug-likeness (QED) is 0.359. The Morgan fingerprint density at radius 1 is 0.868 bits per heavy atom. The SMILES string of the molecule is CCNC(=O)[C@@H](Cc1ccccc1)N(Cc1ccccc1)C(=O)CN(c1ccccc1OCC)S(C)(=O)=O. The molecule has 1 atom stereocenters. The summed E-state index contributed by atoms with van der Waals surface area (Å²) in [6, 6.07) is 24.6. The molecule has 0 aromatic heterocycles. The summed E-state index contributed by atoms with van der Waals surface area (Å²) in [6.45, 7) is 4.00. The van der Waals surface area contributed by atoms with E-state index >= 15 is 0 Å². The van der Waals surface area contributed by atoms with E-state index in [0.717, 1.165) is 21.7 Å². The van der Waals surface area contributed by atoms with Gasteiger partial charge < -0.3 is 15.0 Å². The Kier molecular flexibility index (Phi) is 10.3. The first kappa shape index (κ1) is 28.7. The maximum absolute atomic E-state index is 14.0. The molecule has 38 heavy (non-hydrogen) atoms. The molecule has 0 saturated carbocycles. The van der Waals surface area contributed by atoms with Crippen LogP contribution in [0.1, 0.15) is 25.0 Å². The third kappa shape index (κ3) is 7.82. The molecule has 0 heterocycles. The number of hydrogen-bond donors (Lipinski definition) is 1. The summed E-state index contributed by atoms with van der Waals surface area (Å²) in [4.78, 5) is 28.8. The topological polar surface area (TPSA) is 96.0 Å². The van der Waals surface area contributed by atoms with E-state index in [0.29, 0.717) is 18.9 Å². The van der Waals surface area contributed by atoms with Crippen molar-refractivity contribution in [2.75, 3.05) is 30.3 Å². The largest absolute Gasteiger partial charge is 0.492 e. The molecule has 0 aliphatic heterocycles. The van der Waals surface area contributed by atoms with Gasteiger partial charge in [-0.05, 0) is 37.1 Å². The van der Waals surface area contributed by atoms with Crippen LogP contribution in [0.3, 0.4) is 0 Å². The molecule has 0 fully saturated rings. The molecule has 202 valence electrons. The lowest BCUT2D eigenvalue weighted by Crippen LogP contribution is -2.53. The van der Waals surface area contributed by atoms with Gasteiger partial charge in [0, 0.05) is 19.5 Å². The predicted octanol–water partition coefficient (Wildman–Crippen LogP) is 3.63. The Morgan fingerprint density at radius 3 is 2.03 bits per heavy atom. The molecule has 0 bridgehead atoms. The van der Waals surface area contributed by atoms with Gasteiger partial charge in [0.05, 0.1) is 18.6 Å². The molecule has 8 nitrogen and oxygen atoms in total. The van der Waals surface area contributed by atoms with Crippen LogP contribution in [-0.4, -0.2) is 57.1 Å². The van der Waals surface area contributed by atoms with Gasteiger partial charge in [-0.3, -0.25) is 13.9 Å². The number of carbonyl (C=O) groups excluding carboxylic acids is 2. The normalized spacial score (nSPS) is 11.9.